The summed E-state index contributed by atoms with van der Waals surface area (Å²) in [7, 11) is 0.241. The molecule has 1 aliphatic rings. The molecule has 0 saturated carbocycles. The maximum Gasteiger partial charge on any atom is 0.182 e. The number of halogens is 1. The minimum absolute atomic E-state index is 0.0585. The molecular formula is C11H15FN2O2S. The van der Waals surface area contributed by atoms with E-state index in [9.17, 15) is 12.8 Å². The van der Waals surface area contributed by atoms with E-state index in [0.717, 1.165) is 0 Å². The Kier molecular flexibility index (Phi) is 3.09. The molecule has 1 N–H and O–H groups in total. The van der Waals surface area contributed by atoms with Crippen molar-refractivity contribution in [2.75, 3.05) is 31.3 Å². The Balaban J connectivity index is 2.53. The molecule has 0 saturated heterocycles. The average Bonchev–Trinajstić information content (AvgIpc) is 2.25. The summed E-state index contributed by atoms with van der Waals surface area (Å²) in [5.41, 5.74) is 0.441. The molecule has 1 aliphatic heterocycles. The highest BCUT2D eigenvalue weighted by molar-refractivity contribution is 7.91. The van der Waals surface area contributed by atoms with Gasteiger partial charge in [0.25, 0.3) is 0 Å². The third-order valence-electron chi connectivity index (χ3n) is 3.04. The van der Waals surface area contributed by atoms with E-state index >= 15 is 0 Å². The summed E-state index contributed by atoms with van der Waals surface area (Å²) in [5, 5.41) is 2.95. The number of hydrogen-bond donors (Lipinski definition) is 1. The number of nitrogens with zero attached hydrogens (tertiary/aromatic N) is 1. The van der Waals surface area contributed by atoms with E-state index in [4.69, 9.17) is 0 Å². The Bertz CT molecular complexity index is 530. The van der Waals surface area contributed by atoms with Crippen LogP contribution < -0.4 is 10.2 Å². The first-order chi connectivity index (χ1) is 7.95. The number of benzene rings is 1. The van der Waals surface area contributed by atoms with Gasteiger partial charge in [-0.2, -0.15) is 0 Å². The molecule has 17 heavy (non-hydrogen) atoms. The quantitative estimate of drug-likeness (QED) is 0.791. The molecule has 4 nitrogen and oxygen atoms in total. The van der Waals surface area contributed by atoms with Crippen LogP contribution in [0.25, 0.3) is 0 Å². The van der Waals surface area contributed by atoms with Gasteiger partial charge >= 0.3 is 0 Å². The van der Waals surface area contributed by atoms with Gasteiger partial charge in [-0.05, 0) is 25.2 Å². The van der Waals surface area contributed by atoms with E-state index in [2.05, 4.69) is 5.32 Å². The van der Waals surface area contributed by atoms with Gasteiger partial charge in [0.1, 0.15) is 5.82 Å². The van der Waals surface area contributed by atoms with Gasteiger partial charge in [0, 0.05) is 13.6 Å². The Labute approximate surface area is 100 Å². The molecule has 1 aromatic carbocycles. The van der Waals surface area contributed by atoms with Crippen molar-refractivity contribution in [3.8, 4) is 0 Å². The number of hydrogen-bond acceptors (Lipinski definition) is 4. The number of nitrogens with one attached hydrogen (secondary N) is 1. The van der Waals surface area contributed by atoms with Gasteiger partial charge in [0.2, 0.25) is 0 Å². The van der Waals surface area contributed by atoms with Crippen LogP contribution in [0.4, 0.5) is 10.1 Å². The van der Waals surface area contributed by atoms with E-state index in [1.165, 1.54) is 18.2 Å². The van der Waals surface area contributed by atoms with Crippen LogP contribution in [-0.2, 0) is 9.84 Å². The van der Waals surface area contributed by atoms with Crippen molar-refractivity contribution in [3.05, 3.63) is 24.0 Å². The zero-order chi connectivity index (χ0) is 12.6. The second-order valence-electron chi connectivity index (χ2n) is 4.22. The Morgan fingerprint density at radius 1 is 1.53 bits per heavy atom. The molecule has 1 atom stereocenters. The molecule has 0 amide bonds. The van der Waals surface area contributed by atoms with Crippen molar-refractivity contribution >= 4 is 15.5 Å². The van der Waals surface area contributed by atoms with Crippen LogP contribution >= 0.6 is 0 Å². The molecule has 2 rings (SSSR count). The van der Waals surface area contributed by atoms with Crippen LogP contribution in [0.5, 0.6) is 0 Å². The Hall–Kier alpha value is -1.14. The number of sulfone groups is 1. The van der Waals surface area contributed by atoms with E-state index in [1.54, 1.807) is 14.1 Å². The zero-order valence-corrected chi connectivity index (χ0v) is 10.6. The van der Waals surface area contributed by atoms with Crippen molar-refractivity contribution in [2.24, 2.45) is 0 Å². The largest absolute Gasteiger partial charge is 0.368 e. The van der Waals surface area contributed by atoms with E-state index in [-0.39, 0.29) is 16.7 Å². The number of anilines is 1. The first-order valence-electron chi connectivity index (χ1n) is 5.35. The van der Waals surface area contributed by atoms with Gasteiger partial charge < -0.3 is 10.2 Å². The first kappa shape index (κ1) is 12.3. The van der Waals surface area contributed by atoms with Crippen molar-refractivity contribution in [2.45, 2.75) is 10.9 Å². The van der Waals surface area contributed by atoms with Gasteiger partial charge in [-0.1, -0.05) is 0 Å². The molecule has 0 aliphatic carbocycles. The lowest BCUT2D eigenvalue weighted by atomic mass is 10.2. The molecule has 1 unspecified atom stereocenters. The maximum absolute atomic E-state index is 13.2. The van der Waals surface area contributed by atoms with Gasteiger partial charge in [0.15, 0.2) is 9.84 Å². The fraction of sp³-hybridized carbons (Fsp3) is 0.455. The van der Waals surface area contributed by atoms with Gasteiger partial charge in [-0.25, -0.2) is 12.8 Å². The lowest BCUT2D eigenvalue weighted by Gasteiger charge is -2.35. The van der Waals surface area contributed by atoms with Crippen molar-refractivity contribution in [1.29, 1.82) is 0 Å². The van der Waals surface area contributed by atoms with E-state index in [0.29, 0.717) is 12.2 Å². The molecule has 0 spiro atoms. The highest BCUT2D eigenvalue weighted by Crippen LogP contribution is 2.32. The second kappa shape index (κ2) is 4.27. The SMILES string of the molecule is CNCC1CS(=O)(=O)c2ccc(F)cc2N1C. The molecular weight excluding hydrogens is 243 g/mol. The predicted molar refractivity (Wildman–Crippen MR) is 64.6 cm³/mol. The Morgan fingerprint density at radius 3 is 2.88 bits per heavy atom. The number of rotatable bonds is 2. The summed E-state index contributed by atoms with van der Waals surface area (Å²) in [4.78, 5) is 2.03. The summed E-state index contributed by atoms with van der Waals surface area (Å²) in [5.74, 6) is -0.362. The fourth-order valence-corrected chi connectivity index (χ4v) is 3.94. The van der Waals surface area contributed by atoms with Crippen molar-refractivity contribution in [3.63, 3.8) is 0 Å². The van der Waals surface area contributed by atoms with Gasteiger partial charge in [0.05, 0.1) is 22.4 Å². The minimum Gasteiger partial charge on any atom is -0.368 e. The van der Waals surface area contributed by atoms with Crippen LogP contribution in [0.15, 0.2) is 23.1 Å². The van der Waals surface area contributed by atoms with Crippen LogP contribution in [-0.4, -0.2) is 40.9 Å². The van der Waals surface area contributed by atoms with E-state index in [1.807, 2.05) is 4.90 Å². The molecule has 0 radical (unpaired) electrons. The topological polar surface area (TPSA) is 49.4 Å². The molecule has 6 heteroatoms. The molecule has 0 aromatic heterocycles. The average molecular weight is 258 g/mol. The van der Waals surface area contributed by atoms with Crippen LogP contribution in [0, 0.1) is 5.82 Å². The fourth-order valence-electron chi connectivity index (χ4n) is 2.11. The van der Waals surface area contributed by atoms with Gasteiger partial charge in [-0.3, -0.25) is 0 Å². The van der Waals surface area contributed by atoms with Crippen LogP contribution in [0.1, 0.15) is 0 Å². The third-order valence-corrected chi connectivity index (χ3v) is 4.87. The molecule has 94 valence electrons. The minimum atomic E-state index is -3.31. The molecule has 1 heterocycles. The highest BCUT2D eigenvalue weighted by atomic mass is 32.2. The molecule has 0 bridgehead atoms. The lowest BCUT2D eigenvalue weighted by Crippen LogP contribution is -2.47. The summed E-state index contributed by atoms with van der Waals surface area (Å²) >= 11 is 0. The standard InChI is InChI=1S/C11H15FN2O2S/c1-13-6-9-7-17(15,16)11-4-3-8(12)5-10(11)14(9)2/h3-5,9,13H,6-7H2,1-2H3. The highest BCUT2D eigenvalue weighted by Gasteiger charge is 2.33. The zero-order valence-electron chi connectivity index (χ0n) is 9.77. The van der Waals surface area contributed by atoms with Crippen molar-refractivity contribution in [1.82, 2.24) is 5.32 Å². The number of fused-ring (bicyclic) bond motifs is 1. The summed E-state index contributed by atoms with van der Waals surface area (Å²) in [6.07, 6.45) is 0. The molecule has 0 fully saturated rings. The maximum atomic E-state index is 13.2. The lowest BCUT2D eigenvalue weighted by molar-refractivity contribution is 0.558. The smallest absolute Gasteiger partial charge is 0.182 e. The predicted octanol–water partition coefficient (Wildman–Crippen LogP) is 0.637. The summed E-state index contributed by atoms with van der Waals surface area (Å²) in [6.45, 7) is 0.547. The summed E-state index contributed by atoms with van der Waals surface area (Å²) < 4.78 is 37.3. The monoisotopic (exact) mass is 258 g/mol. The summed E-state index contributed by atoms with van der Waals surface area (Å²) in [6, 6.07) is 3.63. The van der Waals surface area contributed by atoms with Gasteiger partial charge in [-0.15, -0.1) is 0 Å². The van der Waals surface area contributed by atoms with E-state index < -0.39 is 15.7 Å². The van der Waals surface area contributed by atoms with Crippen LogP contribution in [0.2, 0.25) is 0 Å². The van der Waals surface area contributed by atoms with Crippen molar-refractivity contribution < 1.29 is 12.8 Å². The number of likely N-dealkylation sites (N-methyl/N-ethyl adjacent to an activating group) is 2. The Morgan fingerprint density at radius 2 is 2.24 bits per heavy atom. The normalized spacial score (nSPS) is 22.3. The third kappa shape index (κ3) is 2.14. The van der Waals surface area contributed by atoms with Crippen LogP contribution in [0.3, 0.4) is 0 Å². The first-order valence-corrected chi connectivity index (χ1v) is 7.00. The second-order valence-corrected chi connectivity index (χ2v) is 6.22. The molecule has 1 aromatic rings.